The van der Waals surface area contributed by atoms with Gasteiger partial charge < -0.3 is 5.11 Å². The highest BCUT2D eigenvalue weighted by atomic mass is 16.3. The van der Waals surface area contributed by atoms with E-state index in [1.807, 2.05) is 6.92 Å². The zero-order valence-electron chi connectivity index (χ0n) is 5.37. The highest BCUT2D eigenvalue weighted by Gasteiger charge is 2.60. The van der Waals surface area contributed by atoms with E-state index in [1.54, 1.807) is 0 Å². The lowest BCUT2D eigenvalue weighted by Gasteiger charge is -2.00. The van der Waals surface area contributed by atoms with E-state index < -0.39 is 0 Å². The first kappa shape index (κ1) is 5.42. The van der Waals surface area contributed by atoms with Gasteiger partial charge in [-0.05, 0) is 11.8 Å². The Kier molecular flexibility index (Phi) is 0.826. The summed E-state index contributed by atoms with van der Waals surface area (Å²) >= 11 is 0. The molecule has 0 spiro atoms. The maximum Gasteiger partial charge on any atom is 0.139 e. The molecule has 9 heavy (non-hydrogen) atoms. The molecule has 0 heterocycles. The van der Waals surface area contributed by atoms with Gasteiger partial charge >= 0.3 is 0 Å². The van der Waals surface area contributed by atoms with Crippen LogP contribution in [-0.2, 0) is 4.79 Å². The fourth-order valence-electron chi connectivity index (χ4n) is 2.07. The molecule has 0 aromatic carbocycles. The quantitative estimate of drug-likeness (QED) is 0.503. The molecule has 2 rings (SSSR count). The SMILES string of the molecule is C[C@@H]1[C@H]2C(=O)C[C@H](O)[C@@H]12. The van der Waals surface area contributed by atoms with Crippen molar-refractivity contribution < 1.29 is 9.90 Å². The average molecular weight is 126 g/mol. The molecule has 0 aromatic heterocycles. The minimum Gasteiger partial charge on any atom is -0.392 e. The maximum absolute atomic E-state index is 10.9. The Hall–Kier alpha value is -0.370. The molecule has 0 aromatic rings. The summed E-state index contributed by atoms with van der Waals surface area (Å²) in [5.41, 5.74) is 0. The van der Waals surface area contributed by atoms with Crippen LogP contribution in [0, 0.1) is 17.8 Å². The molecular weight excluding hydrogens is 116 g/mol. The summed E-state index contributed by atoms with van der Waals surface area (Å²) in [6.45, 7) is 2.04. The Morgan fingerprint density at radius 3 is 2.56 bits per heavy atom. The second-order valence-corrected chi connectivity index (χ2v) is 3.20. The normalized spacial score (nSPS) is 55.6. The van der Waals surface area contributed by atoms with E-state index in [0.29, 0.717) is 18.3 Å². The van der Waals surface area contributed by atoms with Gasteiger partial charge in [0.1, 0.15) is 5.78 Å². The van der Waals surface area contributed by atoms with Crippen LogP contribution >= 0.6 is 0 Å². The highest BCUT2D eigenvalue weighted by molar-refractivity contribution is 5.88. The summed E-state index contributed by atoms with van der Waals surface area (Å²) in [6.07, 6.45) is 0.108. The van der Waals surface area contributed by atoms with Crippen LogP contribution in [-0.4, -0.2) is 17.0 Å². The van der Waals surface area contributed by atoms with Gasteiger partial charge in [-0.15, -0.1) is 0 Å². The monoisotopic (exact) mass is 126 g/mol. The smallest absolute Gasteiger partial charge is 0.139 e. The molecule has 2 fully saturated rings. The van der Waals surface area contributed by atoms with Gasteiger partial charge in [0, 0.05) is 12.3 Å². The van der Waals surface area contributed by atoms with Crippen molar-refractivity contribution in [3.05, 3.63) is 0 Å². The van der Waals surface area contributed by atoms with Gasteiger partial charge in [-0.2, -0.15) is 0 Å². The number of ketones is 1. The summed E-state index contributed by atoms with van der Waals surface area (Å²) in [5, 5.41) is 9.16. The zero-order chi connectivity index (χ0) is 6.59. The van der Waals surface area contributed by atoms with Crippen LogP contribution in [0.15, 0.2) is 0 Å². The molecule has 2 saturated carbocycles. The van der Waals surface area contributed by atoms with Crippen LogP contribution in [0.3, 0.4) is 0 Å². The first-order valence-electron chi connectivity index (χ1n) is 3.42. The number of carbonyl (C=O) groups excluding carboxylic acids is 1. The molecule has 0 aliphatic heterocycles. The average Bonchev–Trinajstić information content (AvgIpc) is 2.30. The molecule has 4 atom stereocenters. The molecule has 2 aliphatic carbocycles. The van der Waals surface area contributed by atoms with Gasteiger partial charge in [0.05, 0.1) is 6.10 Å². The summed E-state index contributed by atoms with van der Waals surface area (Å²) in [4.78, 5) is 10.9. The highest BCUT2D eigenvalue weighted by Crippen LogP contribution is 2.54. The van der Waals surface area contributed by atoms with Crippen LogP contribution in [0.2, 0.25) is 0 Å². The summed E-state index contributed by atoms with van der Waals surface area (Å²) in [5.74, 6) is 1.32. The van der Waals surface area contributed by atoms with E-state index in [4.69, 9.17) is 5.11 Å². The Balaban J connectivity index is 2.19. The number of hydrogen-bond donors (Lipinski definition) is 1. The van der Waals surface area contributed by atoms with Gasteiger partial charge in [0.25, 0.3) is 0 Å². The van der Waals surface area contributed by atoms with E-state index in [0.717, 1.165) is 0 Å². The van der Waals surface area contributed by atoms with Crippen LogP contribution in [0.4, 0.5) is 0 Å². The van der Waals surface area contributed by atoms with Crippen molar-refractivity contribution in [1.82, 2.24) is 0 Å². The topological polar surface area (TPSA) is 37.3 Å². The van der Waals surface area contributed by atoms with Crippen molar-refractivity contribution in [2.24, 2.45) is 17.8 Å². The van der Waals surface area contributed by atoms with Crippen molar-refractivity contribution in [1.29, 1.82) is 0 Å². The number of carbonyl (C=O) groups is 1. The van der Waals surface area contributed by atoms with E-state index in [2.05, 4.69) is 0 Å². The van der Waals surface area contributed by atoms with E-state index in [9.17, 15) is 4.79 Å². The number of hydrogen-bond acceptors (Lipinski definition) is 2. The number of aliphatic hydroxyl groups excluding tert-OH is 1. The molecule has 1 N–H and O–H groups in total. The lowest BCUT2D eigenvalue weighted by atomic mass is 10.1. The van der Waals surface area contributed by atoms with Crippen LogP contribution in [0.5, 0.6) is 0 Å². The van der Waals surface area contributed by atoms with Gasteiger partial charge in [0.15, 0.2) is 0 Å². The van der Waals surface area contributed by atoms with Crippen LogP contribution in [0.25, 0.3) is 0 Å². The Morgan fingerprint density at radius 2 is 2.33 bits per heavy atom. The molecule has 0 amide bonds. The first-order valence-corrected chi connectivity index (χ1v) is 3.42. The van der Waals surface area contributed by atoms with E-state index in [-0.39, 0.29) is 17.8 Å². The molecule has 50 valence electrons. The number of aliphatic hydroxyl groups is 1. The molecule has 0 radical (unpaired) electrons. The predicted molar refractivity (Wildman–Crippen MR) is 31.8 cm³/mol. The van der Waals surface area contributed by atoms with Gasteiger partial charge in [-0.3, -0.25) is 4.79 Å². The standard InChI is InChI=1S/C7H10O2/c1-3-6-4(8)2-5(9)7(3)6/h3-4,6-8H,2H2,1H3/t3-,4-,6+,7-/m0/s1. The molecule has 2 nitrogen and oxygen atoms in total. The van der Waals surface area contributed by atoms with E-state index in [1.165, 1.54) is 0 Å². The largest absolute Gasteiger partial charge is 0.392 e. The number of rotatable bonds is 0. The third-order valence-corrected chi connectivity index (χ3v) is 2.67. The van der Waals surface area contributed by atoms with Crippen LogP contribution < -0.4 is 0 Å². The number of fused-ring (bicyclic) bond motifs is 1. The first-order chi connectivity index (χ1) is 4.22. The predicted octanol–water partition coefficient (Wildman–Crippen LogP) is 0.202. The minimum atomic E-state index is -0.308. The molecule has 0 unspecified atom stereocenters. The van der Waals surface area contributed by atoms with Crippen LogP contribution in [0.1, 0.15) is 13.3 Å². The van der Waals surface area contributed by atoms with Gasteiger partial charge in [-0.25, -0.2) is 0 Å². The molecule has 2 heteroatoms. The third kappa shape index (κ3) is 0.517. The Bertz CT molecular complexity index is 164. The molecule has 0 saturated heterocycles. The zero-order valence-corrected chi connectivity index (χ0v) is 5.37. The Labute approximate surface area is 53.9 Å². The Morgan fingerprint density at radius 1 is 1.67 bits per heavy atom. The van der Waals surface area contributed by atoms with Crippen molar-refractivity contribution in [2.75, 3.05) is 0 Å². The second-order valence-electron chi connectivity index (χ2n) is 3.20. The van der Waals surface area contributed by atoms with Gasteiger partial charge in [0.2, 0.25) is 0 Å². The summed E-state index contributed by atoms with van der Waals surface area (Å²) in [7, 11) is 0. The van der Waals surface area contributed by atoms with Crippen molar-refractivity contribution in [3.8, 4) is 0 Å². The fraction of sp³-hybridized carbons (Fsp3) is 0.857. The van der Waals surface area contributed by atoms with Crippen molar-refractivity contribution in [2.45, 2.75) is 19.4 Å². The molecule has 0 bridgehead atoms. The lowest BCUT2D eigenvalue weighted by molar-refractivity contribution is -0.120. The maximum atomic E-state index is 10.9. The van der Waals surface area contributed by atoms with Gasteiger partial charge in [-0.1, -0.05) is 6.92 Å². The lowest BCUT2D eigenvalue weighted by Crippen LogP contribution is -2.09. The summed E-state index contributed by atoms with van der Waals surface area (Å²) < 4.78 is 0. The number of Topliss-reactive ketones (excluding diaryl/α,β-unsaturated/α-hetero) is 1. The third-order valence-electron chi connectivity index (χ3n) is 2.67. The summed E-state index contributed by atoms with van der Waals surface area (Å²) in [6, 6.07) is 0. The second kappa shape index (κ2) is 1.37. The molecule has 2 aliphatic rings. The fourth-order valence-corrected chi connectivity index (χ4v) is 2.07. The molecular formula is C7H10O2. The van der Waals surface area contributed by atoms with Crippen molar-refractivity contribution >= 4 is 5.78 Å². The van der Waals surface area contributed by atoms with Crippen molar-refractivity contribution in [3.63, 3.8) is 0 Å². The van der Waals surface area contributed by atoms with E-state index >= 15 is 0 Å². The minimum absolute atomic E-state index is 0.236.